The number of methoxy groups -OCH3 is 1. The van der Waals surface area contributed by atoms with Gasteiger partial charge in [-0.05, 0) is 0 Å². The highest BCUT2D eigenvalue weighted by atomic mass is 79.9. The van der Waals surface area contributed by atoms with E-state index in [0.717, 1.165) is 0 Å². The molecule has 0 spiro atoms. The van der Waals surface area contributed by atoms with E-state index in [4.69, 9.17) is 14.2 Å². The van der Waals surface area contributed by atoms with Crippen LogP contribution in [0.2, 0.25) is 0 Å². The lowest BCUT2D eigenvalue weighted by molar-refractivity contribution is -0.208. The fraction of sp³-hybridized carbons (Fsp3) is 0.778. The number of rotatable bonds is 2. The number of cyclic esters (lactones) is 1. The molecular formula is C9H12BrNO5. The average Bonchev–Trinajstić information content (AvgIpc) is 2.69. The molecule has 0 aromatic carbocycles. The molecule has 0 radical (unpaired) electrons. The molecule has 2 rings (SSSR count). The van der Waals surface area contributed by atoms with Crippen molar-refractivity contribution in [1.82, 2.24) is 4.90 Å². The van der Waals surface area contributed by atoms with E-state index in [1.54, 1.807) is 0 Å². The first-order valence-electron chi connectivity index (χ1n) is 4.87. The molecule has 0 N–H and O–H groups in total. The maximum Gasteiger partial charge on any atom is 0.331 e. The monoisotopic (exact) mass is 293 g/mol. The molecule has 90 valence electrons. The van der Waals surface area contributed by atoms with Crippen LogP contribution in [0.4, 0.5) is 0 Å². The predicted molar refractivity (Wildman–Crippen MR) is 55.9 cm³/mol. The standard InChI is InChI=1S/C9H12BrNO5/c1-14-7-3-11(6(12)2-10)8-5(16-7)4-15-9(8)13/h5,7-8H,2-4H2,1H3/t5-,7+,8-/m1/s1. The van der Waals surface area contributed by atoms with Crippen LogP contribution >= 0.6 is 15.9 Å². The van der Waals surface area contributed by atoms with Crippen LogP contribution in [0.3, 0.4) is 0 Å². The zero-order chi connectivity index (χ0) is 11.7. The highest BCUT2D eigenvalue weighted by molar-refractivity contribution is 9.09. The van der Waals surface area contributed by atoms with E-state index in [-0.39, 0.29) is 24.4 Å². The van der Waals surface area contributed by atoms with E-state index in [1.807, 2.05) is 0 Å². The summed E-state index contributed by atoms with van der Waals surface area (Å²) in [6, 6.07) is -0.628. The van der Waals surface area contributed by atoms with Gasteiger partial charge in [0.25, 0.3) is 0 Å². The largest absolute Gasteiger partial charge is 0.461 e. The maximum absolute atomic E-state index is 11.7. The molecule has 1 amide bonds. The number of esters is 1. The van der Waals surface area contributed by atoms with Gasteiger partial charge in [0.1, 0.15) is 12.7 Å². The van der Waals surface area contributed by atoms with Crippen molar-refractivity contribution in [1.29, 1.82) is 0 Å². The summed E-state index contributed by atoms with van der Waals surface area (Å²) in [5, 5.41) is 0.167. The SMILES string of the molecule is CO[C@@H]1CN(C(=O)CBr)[C@H]2C(=O)OC[C@H]2O1. The molecule has 0 unspecified atom stereocenters. The van der Waals surface area contributed by atoms with E-state index in [0.29, 0.717) is 0 Å². The second kappa shape index (κ2) is 4.68. The van der Waals surface area contributed by atoms with E-state index in [1.165, 1.54) is 12.0 Å². The summed E-state index contributed by atoms with van der Waals surface area (Å²) in [7, 11) is 1.50. The number of alkyl halides is 1. The number of ether oxygens (including phenoxy) is 3. The Morgan fingerprint density at radius 1 is 1.69 bits per heavy atom. The fourth-order valence-corrected chi connectivity index (χ4v) is 2.23. The molecule has 6 nitrogen and oxygen atoms in total. The van der Waals surface area contributed by atoms with Gasteiger partial charge in [-0.25, -0.2) is 4.79 Å². The Hall–Kier alpha value is -0.660. The number of hydrogen-bond acceptors (Lipinski definition) is 5. The van der Waals surface area contributed by atoms with Gasteiger partial charge in [-0.2, -0.15) is 0 Å². The number of hydrogen-bond donors (Lipinski definition) is 0. The molecule has 16 heavy (non-hydrogen) atoms. The number of fused-ring (bicyclic) bond motifs is 1. The summed E-state index contributed by atoms with van der Waals surface area (Å²) in [6.07, 6.45) is -0.923. The second-order valence-electron chi connectivity index (χ2n) is 3.59. The van der Waals surface area contributed by atoms with Crippen molar-refractivity contribution in [3.8, 4) is 0 Å². The first-order chi connectivity index (χ1) is 7.67. The quantitative estimate of drug-likeness (QED) is 0.508. The first kappa shape index (κ1) is 11.8. The summed E-state index contributed by atoms with van der Waals surface area (Å²) < 4.78 is 15.4. The van der Waals surface area contributed by atoms with Crippen molar-refractivity contribution < 1.29 is 23.8 Å². The summed E-state index contributed by atoms with van der Waals surface area (Å²) in [5.74, 6) is -0.576. The van der Waals surface area contributed by atoms with Crippen molar-refractivity contribution >= 4 is 27.8 Å². The summed E-state index contributed by atoms with van der Waals surface area (Å²) in [6.45, 7) is 0.423. The average molecular weight is 294 g/mol. The van der Waals surface area contributed by atoms with Crippen LogP contribution in [0.1, 0.15) is 0 Å². The van der Waals surface area contributed by atoms with E-state index >= 15 is 0 Å². The van der Waals surface area contributed by atoms with Gasteiger partial charge in [0.15, 0.2) is 12.3 Å². The highest BCUT2D eigenvalue weighted by Crippen LogP contribution is 2.25. The second-order valence-corrected chi connectivity index (χ2v) is 4.16. The van der Waals surface area contributed by atoms with E-state index in [9.17, 15) is 9.59 Å². The van der Waals surface area contributed by atoms with Crippen LogP contribution in [-0.2, 0) is 23.8 Å². The van der Waals surface area contributed by atoms with Gasteiger partial charge in [0.2, 0.25) is 5.91 Å². The number of morpholine rings is 1. The van der Waals surface area contributed by atoms with Gasteiger partial charge in [-0.3, -0.25) is 4.79 Å². The Morgan fingerprint density at radius 3 is 3.06 bits per heavy atom. The number of carbonyl (C=O) groups is 2. The zero-order valence-electron chi connectivity index (χ0n) is 8.72. The fourth-order valence-electron chi connectivity index (χ4n) is 1.91. The molecule has 2 saturated heterocycles. The predicted octanol–water partition coefficient (Wildman–Crippen LogP) is -0.493. The van der Waals surface area contributed by atoms with Crippen LogP contribution in [-0.4, -0.2) is 60.8 Å². The summed E-state index contributed by atoms with van der Waals surface area (Å²) in [5.41, 5.74) is 0. The first-order valence-corrected chi connectivity index (χ1v) is 6.00. The van der Waals surface area contributed by atoms with Gasteiger partial charge in [-0.15, -0.1) is 0 Å². The number of carbonyl (C=O) groups excluding carboxylic acids is 2. The summed E-state index contributed by atoms with van der Waals surface area (Å²) >= 11 is 3.08. The topological polar surface area (TPSA) is 65.1 Å². The van der Waals surface area contributed by atoms with Gasteiger partial charge in [0.05, 0.1) is 11.9 Å². The number of halogens is 1. The van der Waals surface area contributed by atoms with E-state index in [2.05, 4.69) is 15.9 Å². The molecule has 0 aromatic heterocycles. The number of nitrogens with zero attached hydrogens (tertiary/aromatic N) is 1. The molecule has 0 aliphatic carbocycles. The zero-order valence-corrected chi connectivity index (χ0v) is 10.3. The van der Waals surface area contributed by atoms with Gasteiger partial charge in [-0.1, -0.05) is 15.9 Å². The smallest absolute Gasteiger partial charge is 0.331 e. The van der Waals surface area contributed by atoms with Crippen LogP contribution < -0.4 is 0 Å². The Labute approximate surface area is 101 Å². The van der Waals surface area contributed by atoms with Crippen LogP contribution in [0, 0.1) is 0 Å². The van der Waals surface area contributed by atoms with Crippen molar-refractivity contribution in [2.24, 2.45) is 0 Å². The van der Waals surface area contributed by atoms with Gasteiger partial charge < -0.3 is 19.1 Å². The molecule has 2 fully saturated rings. The van der Waals surface area contributed by atoms with Crippen molar-refractivity contribution in [2.75, 3.05) is 25.6 Å². The molecule has 3 atom stereocenters. The lowest BCUT2D eigenvalue weighted by Gasteiger charge is -2.38. The molecule has 2 heterocycles. The molecule has 2 aliphatic rings. The van der Waals surface area contributed by atoms with Crippen LogP contribution in [0.15, 0.2) is 0 Å². The molecule has 0 bridgehead atoms. The van der Waals surface area contributed by atoms with Gasteiger partial charge in [0, 0.05) is 7.11 Å². The van der Waals surface area contributed by atoms with Crippen LogP contribution in [0.5, 0.6) is 0 Å². The van der Waals surface area contributed by atoms with Crippen molar-refractivity contribution in [3.05, 3.63) is 0 Å². The van der Waals surface area contributed by atoms with E-state index < -0.39 is 24.4 Å². The molecular weight excluding hydrogens is 282 g/mol. The minimum Gasteiger partial charge on any atom is -0.461 e. The number of amides is 1. The third-order valence-corrected chi connectivity index (χ3v) is 3.17. The lowest BCUT2D eigenvalue weighted by atomic mass is 10.1. The molecule has 7 heteroatoms. The third-order valence-electron chi connectivity index (χ3n) is 2.69. The molecule has 0 saturated carbocycles. The Bertz CT molecular complexity index is 310. The summed E-state index contributed by atoms with van der Waals surface area (Å²) in [4.78, 5) is 24.6. The highest BCUT2D eigenvalue weighted by Gasteiger charge is 2.48. The van der Waals surface area contributed by atoms with Crippen LogP contribution in [0.25, 0.3) is 0 Å². The minimum absolute atomic E-state index is 0.167. The Morgan fingerprint density at radius 2 is 2.44 bits per heavy atom. The normalized spacial score (nSPS) is 33.5. The molecule has 2 aliphatic heterocycles. The third kappa shape index (κ3) is 1.94. The molecule has 0 aromatic rings. The Balaban J connectivity index is 2.18. The van der Waals surface area contributed by atoms with Gasteiger partial charge >= 0.3 is 5.97 Å². The minimum atomic E-state index is -0.628. The Kier molecular flexibility index (Phi) is 3.46. The lowest BCUT2D eigenvalue weighted by Crippen LogP contribution is -2.58. The van der Waals surface area contributed by atoms with Crippen molar-refractivity contribution in [3.63, 3.8) is 0 Å². The van der Waals surface area contributed by atoms with Crippen molar-refractivity contribution in [2.45, 2.75) is 18.4 Å². The maximum atomic E-state index is 11.7.